The molecule has 0 spiro atoms. The number of hydrogen-bond donors (Lipinski definition) is 1. The minimum Gasteiger partial charge on any atom is -0.354 e. The van der Waals surface area contributed by atoms with Crippen LogP contribution in [0, 0.1) is 12.8 Å². The van der Waals surface area contributed by atoms with Crippen molar-refractivity contribution in [1.29, 1.82) is 0 Å². The number of aryl methyl sites for hydroxylation is 1. The Labute approximate surface area is 175 Å². The fraction of sp³-hybridized carbons (Fsp3) is 0.261. The summed E-state index contributed by atoms with van der Waals surface area (Å²) in [5, 5.41) is 12.5. The largest absolute Gasteiger partial charge is 0.354 e. The molecule has 1 aliphatic heterocycles. The standard InChI is InChI=1S/C23H23ClN4O/c1-16-4-2-5-17(14-16)21-11-12-22(27-26-21)28-13-3-6-18(15-28)23(29)25-20-9-7-19(24)8-10-20/h2,4-5,7-12,14,18H,3,6,13,15H2,1H3,(H,25,29)/t18-/m0/s1. The lowest BCUT2D eigenvalue weighted by atomic mass is 9.97. The van der Waals surface area contributed by atoms with Crippen LogP contribution in [0.5, 0.6) is 0 Å². The van der Waals surface area contributed by atoms with Gasteiger partial charge in [-0.05, 0) is 62.2 Å². The molecule has 4 rings (SSSR count). The minimum atomic E-state index is -0.0855. The van der Waals surface area contributed by atoms with Crippen LogP contribution in [0.15, 0.2) is 60.7 Å². The van der Waals surface area contributed by atoms with Crippen LogP contribution >= 0.6 is 11.6 Å². The van der Waals surface area contributed by atoms with Crippen molar-refractivity contribution in [2.24, 2.45) is 5.92 Å². The molecule has 0 saturated carbocycles. The SMILES string of the molecule is Cc1cccc(-c2ccc(N3CCC[C@H](C(=O)Nc4ccc(Cl)cc4)C3)nn2)c1. The highest BCUT2D eigenvalue weighted by Gasteiger charge is 2.26. The Morgan fingerprint density at radius 2 is 1.93 bits per heavy atom. The molecule has 1 aliphatic rings. The predicted octanol–water partition coefficient (Wildman–Crippen LogP) is 4.96. The van der Waals surface area contributed by atoms with Gasteiger partial charge in [0.2, 0.25) is 5.91 Å². The molecule has 1 aromatic heterocycles. The number of nitrogens with one attached hydrogen (secondary N) is 1. The third-order valence-electron chi connectivity index (χ3n) is 5.19. The van der Waals surface area contributed by atoms with Gasteiger partial charge in [-0.2, -0.15) is 0 Å². The van der Waals surface area contributed by atoms with Gasteiger partial charge in [0.25, 0.3) is 0 Å². The number of rotatable bonds is 4. The molecule has 1 atom stereocenters. The average molecular weight is 407 g/mol. The summed E-state index contributed by atoms with van der Waals surface area (Å²) in [5.41, 5.74) is 3.87. The molecule has 0 aliphatic carbocycles. The molecule has 6 heteroatoms. The van der Waals surface area contributed by atoms with E-state index in [4.69, 9.17) is 11.6 Å². The topological polar surface area (TPSA) is 58.1 Å². The number of hydrogen-bond acceptors (Lipinski definition) is 4. The summed E-state index contributed by atoms with van der Waals surface area (Å²) in [5.74, 6) is 0.754. The second kappa shape index (κ2) is 8.62. The molecule has 5 nitrogen and oxygen atoms in total. The maximum Gasteiger partial charge on any atom is 0.229 e. The lowest BCUT2D eigenvalue weighted by Gasteiger charge is -2.32. The summed E-state index contributed by atoms with van der Waals surface area (Å²) in [4.78, 5) is 14.8. The lowest BCUT2D eigenvalue weighted by molar-refractivity contribution is -0.120. The van der Waals surface area contributed by atoms with E-state index < -0.39 is 0 Å². The number of benzene rings is 2. The fourth-order valence-electron chi connectivity index (χ4n) is 3.63. The number of piperidine rings is 1. The van der Waals surface area contributed by atoms with Crippen molar-refractivity contribution >= 4 is 29.0 Å². The maximum atomic E-state index is 12.7. The van der Waals surface area contributed by atoms with Crippen molar-refractivity contribution in [3.8, 4) is 11.3 Å². The van der Waals surface area contributed by atoms with Crippen molar-refractivity contribution in [3.63, 3.8) is 0 Å². The molecule has 148 valence electrons. The van der Waals surface area contributed by atoms with Gasteiger partial charge in [-0.1, -0.05) is 35.4 Å². The number of carbonyl (C=O) groups excluding carboxylic acids is 1. The Morgan fingerprint density at radius 1 is 1.10 bits per heavy atom. The van der Waals surface area contributed by atoms with Crippen LogP contribution in [0.25, 0.3) is 11.3 Å². The van der Waals surface area contributed by atoms with Crippen molar-refractivity contribution in [2.75, 3.05) is 23.3 Å². The first-order valence-corrected chi connectivity index (χ1v) is 10.2. The highest BCUT2D eigenvalue weighted by molar-refractivity contribution is 6.30. The molecule has 2 heterocycles. The number of halogens is 1. The second-order valence-corrected chi connectivity index (χ2v) is 7.86. The number of nitrogens with zero attached hydrogens (tertiary/aromatic N) is 3. The van der Waals surface area contributed by atoms with E-state index in [0.717, 1.165) is 42.1 Å². The predicted molar refractivity (Wildman–Crippen MR) is 117 cm³/mol. The molecule has 1 amide bonds. The van der Waals surface area contributed by atoms with Gasteiger partial charge < -0.3 is 10.2 Å². The number of aromatic nitrogens is 2. The minimum absolute atomic E-state index is 0.0290. The summed E-state index contributed by atoms with van der Waals surface area (Å²) < 4.78 is 0. The molecule has 0 bridgehead atoms. The Kier molecular flexibility index (Phi) is 5.76. The Balaban J connectivity index is 1.42. The average Bonchev–Trinajstić information content (AvgIpc) is 2.75. The van der Waals surface area contributed by atoms with E-state index in [9.17, 15) is 4.79 Å². The molecule has 3 aromatic rings. The monoisotopic (exact) mass is 406 g/mol. The fourth-order valence-corrected chi connectivity index (χ4v) is 3.76. The summed E-state index contributed by atoms with van der Waals surface area (Å²) >= 11 is 5.91. The quantitative estimate of drug-likeness (QED) is 0.665. The molecular weight excluding hydrogens is 384 g/mol. The van der Waals surface area contributed by atoms with Crippen molar-refractivity contribution < 1.29 is 4.79 Å². The number of amides is 1. The Bertz CT molecular complexity index is 989. The zero-order chi connectivity index (χ0) is 20.2. The number of carbonyl (C=O) groups is 1. The molecule has 1 fully saturated rings. The third-order valence-corrected chi connectivity index (χ3v) is 5.44. The van der Waals surface area contributed by atoms with Crippen LogP contribution in [0.4, 0.5) is 11.5 Å². The zero-order valence-corrected chi connectivity index (χ0v) is 17.1. The highest BCUT2D eigenvalue weighted by Crippen LogP contribution is 2.25. The van der Waals surface area contributed by atoms with E-state index in [1.807, 2.05) is 36.4 Å². The molecule has 0 radical (unpaired) electrons. The first-order chi connectivity index (χ1) is 14.1. The van der Waals surface area contributed by atoms with E-state index in [2.05, 4.69) is 39.5 Å². The Morgan fingerprint density at radius 3 is 2.66 bits per heavy atom. The van der Waals surface area contributed by atoms with Gasteiger partial charge in [0.15, 0.2) is 5.82 Å². The van der Waals surface area contributed by atoms with Crippen LogP contribution in [-0.4, -0.2) is 29.2 Å². The van der Waals surface area contributed by atoms with Crippen molar-refractivity contribution in [3.05, 3.63) is 71.2 Å². The third kappa shape index (κ3) is 4.74. The molecular formula is C23H23ClN4O. The highest BCUT2D eigenvalue weighted by atomic mass is 35.5. The van der Waals surface area contributed by atoms with E-state index >= 15 is 0 Å². The van der Waals surface area contributed by atoms with Gasteiger partial charge >= 0.3 is 0 Å². The van der Waals surface area contributed by atoms with Crippen LogP contribution in [0.2, 0.25) is 5.02 Å². The Hall–Kier alpha value is -2.92. The summed E-state index contributed by atoms with van der Waals surface area (Å²) in [6.45, 7) is 3.58. The first-order valence-electron chi connectivity index (χ1n) is 9.80. The van der Waals surface area contributed by atoms with Crippen LogP contribution in [0.1, 0.15) is 18.4 Å². The van der Waals surface area contributed by atoms with E-state index in [-0.39, 0.29) is 11.8 Å². The smallest absolute Gasteiger partial charge is 0.229 e. The second-order valence-electron chi connectivity index (χ2n) is 7.43. The van der Waals surface area contributed by atoms with Gasteiger partial charge in [0.1, 0.15) is 0 Å². The zero-order valence-electron chi connectivity index (χ0n) is 16.3. The van der Waals surface area contributed by atoms with Gasteiger partial charge in [0.05, 0.1) is 11.6 Å². The summed E-state index contributed by atoms with van der Waals surface area (Å²) in [6, 6.07) is 19.4. The normalized spacial score (nSPS) is 16.5. The van der Waals surface area contributed by atoms with Crippen LogP contribution < -0.4 is 10.2 Å². The van der Waals surface area contributed by atoms with Gasteiger partial charge in [-0.15, -0.1) is 10.2 Å². The van der Waals surface area contributed by atoms with Crippen LogP contribution in [-0.2, 0) is 4.79 Å². The summed E-state index contributed by atoms with van der Waals surface area (Å²) in [7, 11) is 0. The van der Waals surface area contributed by atoms with E-state index in [1.165, 1.54) is 5.56 Å². The van der Waals surface area contributed by atoms with Gasteiger partial charge in [-0.3, -0.25) is 4.79 Å². The van der Waals surface area contributed by atoms with E-state index in [1.54, 1.807) is 12.1 Å². The van der Waals surface area contributed by atoms with E-state index in [0.29, 0.717) is 11.6 Å². The van der Waals surface area contributed by atoms with Crippen LogP contribution in [0.3, 0.4) is 0 Å². The first kappa shape index (κ1) is 19.4. The lowest BCUT2D eigenvalue weighted by Crippen LogP contribution is -2.41. The van der Waals surface area contributed by atoms with Gasteiger partial charge in [-0.25, -0.2) is 0 Å². The number of anilines is 2. The van der Waals surface area contributed by atoms with Gasteiger partial charge in [0, 0.05) is 29.4 Å². The molecule has 29 heavy (non-hydrogen) atoms. The molecule has 1 saturated heterocycles. The van der Waals surface area contributed by atoms with Crippen molar-refractivity contribution in [2.45, 2.75) is 19.8 Å². The summed E-state index contributed by atoms with van der Waals surface area (Å²) in [6.07, 6.45) is 1.81. The maximum absolute atomic E-state index is 12.7. The molecule has 0 unspecified atom stereocenters. The molecule has 2 aromatic carbocycles. The molecule has 1 N–H and O–H groups in total. The van der Waals surface area contributed by atoms with Crippen molar-refractivity contribution in [1.82, 2.24) is 10.2 Å².